The van der Waals surface area contributed by atoms with Gasteiger partial charge in [0.1, 0.15) is 0 Å². The molecule has 1 aliphatic heterocycles. The fraction of sp³-hybridized carbons (Fsp3) is 0.529. The number of nitrogens with zero attached hydrogens (tertiary/aromatic N) is 2. The van der Waals surface area contributed by atoms with E-state index in [1.807, 2.05) is 0 Å². The van der Waals surface area contributed by atoms with Crippen molar-refractivity contribution in [2.75, 3.05) is 32.7 Å². The van der Waals surface area contributed by atoms with E-state index in [2.05, 4.69) is 21.2 Å². The topological polar surface area (TPSA) is 107 Å². The second-order valence-corrected chi connectivity index (χ2v) is 9.34. The highest BCUT2D eigenvalue weighted by atomic mass is 79.9. The van der Waals surface area contributed by atoms with Gasteiger partial charge in [0.25, 0.3) is 0 Å². The molecule has 13 heteroatoms. The predicted octanol–water partition coefficient (Wildman–Crippen LogP) is 1.91. The Morgan fingerprint density at radius 1 is 1.20 bits per heavy atom. The zero-order chi connectivity index (χ0) is 23.1. The molecule has 1 heterocycles. The maximum absolute atomic E-state index is 12.8. The SMILES string of the molecule is CC(C)N(CC(=O)N1CCNCC1)S(=O)(=O)c1ccc(Br)cc1.O=C(O)C(F)(F)F. The van der Waals surface area contributed by atoms with Crippen LogP contribution in [0.1, 0.15) is 13.8 Å². The lowest BCUT2D eigenvalue weighted by Gasteiger charge is -2.31. The summed E-state index contributed by atoms with van der Waals surface area (Å²) in [5, 5.41) is 10.3. The number of halogens is 4. The van der Waals surface area contributed by atoms with Crippen molar-refractivity contribution in [3.8, 4) is 0 Å². The number of carbonyl (C=O) groups is 2. The maximum Gasteiger partial charge on any atom is 0.490 e. The molecular formula is C17H23BrF3N3O5S. The minimum Gasteiger partial charge on any atom is -0.475 e. The normalized spacial score (nSPS) is 15.0. The van der Waals surface area contributed by atoms with Crippen LogP contribution in [0.25, 0.3) is 0 Å². The van der Waals surface area contributed by atoms with Gasteiger partial charge in [0, 0.05) is 36.7 Å². The van der Waals surface area contributed by atoms with Crippen LogP contribution in [0, 0.1) is 0 Å². The summed E-state index contributed by atoms with van der Waals surface area (Å²) in [7, 11) is -3.70. The van der Waals surface area contributed by atoms with Crippen LogP contribution in [0.3, 0.4) is 0 Å². The molecule has 2 rings (SSSR count). The van der Waals surface area contributed by atoms with Crippen LogP contribution in [0.15, 0.2) is 33.6 Å². The number of piperazine rings is 1. The lowest BCUT2D eigenvalue weighted by atomic mass is 10.3. The molecule has 0 aromatic heterocycles. The fourth-order valence-corrected chi connectivity index (χ4v) is 4.29. The molecule has 1 aromatic carbocycles. The molecule has 0 aliphatic carbocycles. The van der Waals surface area contributed by atoms with Gasteiger partial charge in [0.15, 0.2) is 0 Å². The second kappa shape index (κ2) is 11.1. The summed E-state index contributed by atoms with van der Waals surface area (Å²) in [4.78, 5) is 23.2. The third-order valence-corrected chi connectivity index (χ3v) is 6.56. The van der Waals surface area contributed by atoms with Gasteiger partial charge >= 0.3 is 12.1 Å². The maximum atomic E-state index is 12.8. The lowest BCUT2D eigenvalue weighted by molar-refractivity contribution is -0.192. The summed E-state index contributed by atoms with van der Waals surface area (Å²) in [5.74, 6) is -2.91. The van der Waals surface area contributed by atoms with Gasteiger partial charge in [-0.2, -0.15) is 17.5 Å². The third-order valence-electron chi connectivity index (χ3n) is 4.00. The van der Waals surface area contributed by atoms with Crippen LogP contribution in [0.2, 0.25) is 0 Å². The number of nitrogens with one attached hydrogen (secondary N) is 1. The molecule has 1 aromatic rings. The number of alkyl halides is 3. The summed E-state index contributed by atoms with van der Waals surface area (Å²) in [6.07, 6.45) is -5.08. The molecule has 0 unspecified atom stereocenters. The average molecular weight is 518 g/mol. The standard InChI is InChI=1S/C15H22BrN3O3S.C2HF3O2/c1-12(2)19(11-15(20)18-9-7-17-8-10-18)23(21,22)14-5-3-13(16)4-6-14;3-2(4,5)1(6)7/h3-6,12,17H,7-11H2,1-2H3;(H,6,7). The Balaban J connectivity index is 0.000000553. The Morgan fingerprint density at radius 3 is 2.07 bits per heavy atom. The molecular weight excluding hydrogens is 495 g/mol. The molecule has 2 N–H and O–H groups in total. The van der Waals surface area contributed by atoms with Crippen molar-refractivity contribution < 1.29 is 36.3 Å². The Kier molecular flexibility index (Phi) is 9.72. The Hall–Kier alpha value is -1.70. The van der Waals surface area contributed by atoms with E-state index in [1.165, 1.54) is 4.31 Å². The summed E-state index contributed by atoms with van der Waals surface area (Å²) >= 11 is 3.30. The highest BCUT2D eigenvalue weighted by molar-refractivity contribution is 9.10. The molecule has 1 saturated heterocycles. The molecule has 8 nitrogen and oxygen atoms in total. The first kappa shape index (κ1) is 26.3. The third kappa shape index (κ3) is 7.85. The van der Waals surface area contributed by atoms with Crippen LogP contribution in [0.5, 0.6) is 0 Å². The van der Waals surface area contributed by atoms with Crippen molar-refractivity contribution >= 4 is 37.8 Å². The smallest absolute Gasteiger partial charge is 0.475 e. The predicted molar refractivity (Wildman–Crippen MR) is 106 cm³/mol. The van der Waals surface area contributed by atoms with Gasteiger partial charge in [-0.1, -0.05) is 15.9 Å². The van der Waals surface area contributed by atoms with E-state index in [9.17, 15) is 26.4 Å². The van der Waals surface area contributed by atoms with Gasteiger partial charge in [0.05, 0.1) is 11.4 Å². The highest BCUT2D eigenvalue weighted by Gasteiger charge is 2.38. The Labute approximate surface area is 181 Å². The summed E-state index contributed by atoms with van der Waals surface area (Å²) < 4.78 is 59.5. The molecule has 0 bridgehead atoms. The van der Waals surface area contributed by atoms with Crippen molar-refractivity contribution in [3.05, 3.63) is 28.7 Å². The molecule has 0 radical (unpaired) electrons. The van der Waals surface area contributed by atoms with E-state index >= 15 is 0 Å². The van der Waals surface area contributed by atoms with Crippen LogP contribution >= 0.6 is 15.9 Å². The van der Waals surface area contributed by atoms with E-state index in [1.54, 1.807) is 43.0 Å². The van der Waals surface area contributed by atoms with Gasteiger partial charge in [-0.3, -0.25) is 4.79 Å². The number of carboxylic acid groups (broad SMARTS) is 1. The molecule has 30 heavy (non-hydrogen) atoms. The molecule has 1 amide bonds. The minimum atomic E-state index is -5.08. The molecule has 0 atom stereocenters. The number of hydrogen-bond acceptors (Lipinski definition) is 5. The van der Waals surface area contributed by atoms with Crippen LogP contribution in [-0.4, -0.2) is 79.5 Å². The zero-order valence-electron chi connectivity index (χ0n) is 16.3. The summed E-state index contributed by atoms with van der Waals surface area (Å²) in [5.41, 5.74) is 0. The first-order valence-corrected chi connectivity index (χ1v) is 11.1. The van der Waals surface area contributed by atoms with Gasteiger partial charge in [-0.25, -0.2) is 13.2 Å². The Bertz CT molecular complexity index is 826. The highest BCUT2D eigenvalue weighted by Crippen LogP contribution is 2.21. The van der Waals surface area contributed by atoms with Crippen molar-refractivity contribution in [1.82, 2.24) is 14.5 Å². The van der Waals surface area contributed by atoms with Crippen molar-refractivity contribution in [3.63, 3.8) is 0 Å². The molecule has 1 aliphatic rings. The second-order valence-electron chi connectivity index (χ2n) is 6.53. The molecule has 0 saturated carbocycles. The molecule has 1 fully saturated rings. The number of sulfonamides is 1. The number of carboxylic acids is 1. The first-order valence-electron chi connectivity index (χ1n) is 8.83. The zero-order valence-corrected chi connectivity index (χ0v) is 18.7. The number of hydrogen-bond donors (Lipinski definition) is 2. The monoisotopic (exact) mass is 517 g/mol. The van der Waals surface area contributed by atoms with Crippen molar-refractivity contribution in [2.45, 2.75) is 31.0 Å². The summed E-state index contributed by atoms with van der Waals surface area (Å²) in [6, 6.07) is 6.16. The minimum absolute atomic E-state index is 0.129. The van der Waals surface area contributed by atoms with E-state index < -0.39 is 22.2 Å². The van der Waals surface area contributed by atoms with Crippen LogP contribution < -0.4 is 5.32 Å². The average Bonchev–Trinajstić information content (AvgIpc) is 2.66. The Morgan fingerprint density at radius 2 is 1.67 bits per heavy atom. The van der Waals surface area contributed by atoms with E-state index in [4.69, 9.17) is 9.90 Å². The summed E-state index contributed by atoms with van der Waals surface area (Å²) in [6.45, 7) is 6.14. The molecule has 0 spiro atoms. The van der Waals surface area contributed by atoms with Crippen molar-refractivity contribution in [1.29, 1.82) is 0 Å². The van der Waals surface area contributed by atoms with E-state index in [-0.39, 0.29) is 23.4 Å². The fourth-order valence-electron chi connectivity index (χ4n) is 2.43. The number of benzene rings is 1. The van der Waals surface area contributed by atoms with Gasteiger partial charge in [0.2, 0.25) is 15.9 Å². The molecule has 170 valence electrons. The number of aliphatic carboxylic acids is 1. The lowest BCUT2D eigenvalue weighted by Crippen LogP contribution is -2.51. The van der Waals surface area contributed by atoms with Gasteiger partial charge < -0.3 is 15.3 Å². The quantitative estimate of drug-likeness (QED) is 0.617. The number of amides is 1. The van der Waals surface area contributed by atoms with Crippen LogP contribution in [-0.2, 0) is 19.6 Å². The van der Waals surface area contributed by atoms with Crippen LogP contribution in [0.4, 0.5) is 13.2 Å². The van der Waals surface area contributed by atoms with E-state index in [0.29, 0.717) is 13.1 Å². The number of rotatable bonds is 5. The largest absolute Gasteiger partial charge is 0.490 e. The van der Waals surface area contributed by atoms with Gasteiger partial charge in [-0.05, 0) is 38.1 Å². The van der Waals surface area contributed by atoms with Gasteiger partial charge in [-0.15, -0.1) is 0 Å². The number of carbonyl (C=O) groups excluding carboxylic acids is 1. The van der Waals surface area contributed by atoms with E-state index in [0.717, 1.165) is 17.6 Å². The van der Waals surface area contributed by atoms with Crippen molar-refractivity contribution in [2.24, 2.45) is 0 Å². The first-order chi connectivity index (χ1) is 13.8.